The molecule has 1 saturated carbocycles. The molecule has 2 aromatic rings. The Morgan fingerprint density at radius 1 is 0.833 bits per heavy atom. The first-order valence-corrected chi connectivity index (χ1v) is 11.7. The minimum Gasteiger partial charge on any atom is -0.335 e. The second-order valence-corrected chi connectivity index (χ2v) is 9.26. The van der Waals surface area contributed by atoms with E-state index in [0.717, 1.165) is 38.9 Å². The van der Waals surface area contributed by atoms with Crippen molar-refractivity contribution in [3.63, 3.8) is 0 Å². The maximum Gasteiger partial charge on any atom is 0.318 e. The molecule has 3 aliphatic rings. The van der Waals surface area contributed by atoms with Gasteiger partial charge in [0.25, 0.3) is 0 Å². The molecule has 1 N–H and O–H groups in total. The zero-order valence-electron chi connectivity index (χ0n) is 17.7. The molecule has 2 heterocycles. The van der Waals surface area contributed by atoms with Crippen LogP contribution in [0.15, 0.2) is 60.7 Å². The third-order valence-corrected chi connectivity index (χ3v) is 7.41. The summed E-state index contributed by atoms with van der Waals surface area (Å²) in [6, 6.07) is 22.6. The van der Waals surface area contributed by atoms with Gasteiger partial charge in [0.05, 0.1) is 6.04 Å². The van der Waals surface area contributed by atoms with E-state index in [1.165, 1.54) is 30.4 Å². The van der Waals surface area contributed by atoms with Crippen molar-refractivity contribution in [1.82, 2.24) is 15.1 Å². The van der Waals surface area contributed by atoms with E-state index in [0.29, 0.717) is 18.0 Å². The predicted octanol–water partition coefficient (Wildman–Crippen LogP) is 4.98. The number of benzene rings is 2. The second kappa shape index (κ2) is 8.81. The normalized spacial score (nSPS) is 28.1. The van der Waals surface area contributed by atoms with Crippen molar-refractivity contribution in [2.24, 2.45) is 5.92 Å². The van der Waals surface area contributed by atoms with Gasteiger partial charge in [-0.2, -0.15) is 0 Å². The van der Waals surface area contributed by atoms with Crippen LogP contribution in [0.4, 0.5) is 4.79 Å². The van der Waals surface area contributed by atoms with E-state index in [2.05, 4.69) is 75.8 Å². The molecule has 2 aliphatic heterocycles. The van der Waals surface area contributed by atoms with Crippen LogP contribution in [-0.4, -0.2) is 41.0 Å². The van der Waals surface area contributed by atoms with Gasteiger partial charge in [-0.05, 0) is 36.8 Å². The number of urea groups is 1. The average molecular weight is 404 g/mol. The van der Waals surface area contributed by atoms with Gasteiger partial charge in [0.2, 0.25) is 0 Å². The molecular weight excluding hydrogens is 370 g/mol. The van der Waals surface area contributed by atoms with Gasteiger partial charge in [0.15, 0.2) is 0 Å². The molecule has 3 atom stereocenters. The molecule has 0 bridgehead atoms. The monoisotopic (exact) mass is 403 g/mol. The van der Waals surface area contributed by atoms with Crippen molar-refractivity contribution >= 4 is 6.03 Å². The van der Waals surface area contributed by atoms with E-state index in [4.69, 9.17) is 0 Å². The van der Waals surface area contributed by atoms with Gasteiger partial charge in [-0.3, -0.25) is 4.90 Å². The number of piperidine rings is 1. The summed E-state index contributed by atoms with van der Waals surface area (Å²) in [5.41, 5.74) is 2.69. The van der Waals surface area contributed by atoms with E-state index < -0.39 is 0 Å². The van der Waals surface area contributed by atoms with Crippen molar-refractivity contribution in [3.05, 3.63) is 71.8 Å². The summed E-state index contributed by atoms with van der Waals surface area (Å²) in [6.45, 7) is 3.12. The Kier molecular flexibility index (Phi) is 5.76. The molecule has 30 heavy (non-hydrogen) atoms. The molecule has 4 heteroatoms. The highest BCUT2D eigenvalue weighted by Gasteiger charge is 2.46. The lowest BCUT2D eigenvalue weighted by Crippen LogP contribution is -2.62. The van der Waals surface area contributed by atoms with Gasteiger partial charge < -0.3 is 10.2 Å². The Labute approximate surface area is 180 Å². The lowest BCUT2D eigenvalue weighted by atomic mass is 9.74. The average Bonchev–Trinajstić information content (AvgIpc) is 2.80. The number of nitrogens with zero attached hydrogens (tertiary/aromatic N) is 2. The highest BCUT2D eigenvalue weighted by Crippen LogP contribution is 2.43. The third-order valence-electron chi connectivity index (χ3n) is 7.41. The van der Waals surface area contributed by atoms with Crippen LogP contribution in [0.25, 0.3) is 0 Å². The lowest BCUT2D eigenvalue weighted by molar-refractivity contribution is 0.0268. The summed E-state index contributed by atoms with van der Waals surface area (Å²) in [6.07, 6.45) is 6.98. The SMILES string of the molecule is O=C1NC2CCCC[C@@H]2[C@@H](c2ccccc2)N1C1CCN(Cc2ccccc2)CC1. The van der Waals surface area contributed by atoms with Gasteiger partial charge in [-0.15, -0.1) is 0 Å². The second-order valence-electron chi connectivity index (χ2n) is 9.26. The van der Waals surface area contributed by atoms with Gasteiger partial charge in [-0.25, -0.2) is 4.79 Å². The largest absolute Gasteiger partial charge is 0.335 e. The molecule has 3 fully saturated rings. The first-order valence-electron chi connectivity index (χ1n) is 11.7. The van der Waals surface area contributed by atoms with Crippen LogP contribution < -0.4 is 5.32 Å². The number of amides is 2. The van der Waals surface area contributed by atoms with Crippen molar-refractivity contribution in [1.29, 1.82) is 0 Å². The molecule has 2 aromatic carbocycles. The maximum absolute atomic E-state index is 13.3. The van der Waals surface area contributed by atoms with Crippen LogP contribution in [-0.2, 0) is 6.54 Å². The molecule has 0 aromatic heterocycles. The van der Waals surface area contributed by atoms with Crippen molar-refractivity contribution < 1.29 is 4.79 Å². The molecule has 4 nitrogen and oxygen atoms in total. The summed E-state index contributed by atoms with van der Waals surface area (Å²) in [4.78, 5) is 18.1. The Morgan fingerprint density at radius 3 is 2.23 bits per heavy atom. The number of rotatable bonds is 4. The maximum atomic E-state index is 13.3. The Bertz CT molecular complexity index is 832. The van der Waals surface area contributed by atoms with Crippen molar-refractivity contribution in [2.45, 2.75) is 63.2 Å². The minimum atomic E-state index is 0.161. The number of carbonyl (C=O) groups is 1. The summed E-state index contributed by atoms with van der Waals surface area (Å²) in [5.74, 6) is 0.529. The standard InChI is InChI=1S/C26H33N3O/c30-26-27-24-14-8-7-13-23(24)25(21-11-5-2-6-12-21)29(26)22-15-17-28(18-16-22)19-20-9-3-1-4-10-20/h1-6,9-12,22-25H,7-8,13-19H2,(H,27,30)/t23-,24?,25+/m0/s1. The summed E-state index contributed by atoms with van der Waals surface area (Å²) in [7, 11) is 0. The number of hydrogen-bond donors (Lipinski definition) is 1. The van der Waals surface area contributed by atoms with E-state index in [1.807, 2.05) is 0 Å². The molecule has 5 rings (SSSR count). The van der Waals surface area contributed by atoms with Gasteiger partial charge >= 0.3 is 6.03 Å². The zero-order valence-corrected chi connectivity index (χ0v) is 17.7. The Balaban J connectivity index is 1.33. The van der Waals surface area contributed by atoms with Crippen LogP contribution in [0.2, 0.25) is 0 Å². The first kappa shape index (κ1) is 19.6. The highest BCUT2D eigenvalue weighted by molar-refractivity contribution is 5.77. The number of nitrogens with one attached hydrogen (secondary N) is 1. The fourth-order valence-corrected chi connectivity index (χ4v) is 5.93. The van der Waals surface area contributed by atoms with E-state index in [9.17, 15) is 4.79 Å². The predicted molar refractivity (Wildman–Crippen MR) is 120 cm³/mol. The zero-order chi connectivity index (χ0) is 20.3. The van der Waals surface area contributed by atoms with Crippen LogP contribution in [0, 0.1) is 5.92 Å². The highest BCUT2D eigenvalue weighted by atomic mass is 16.2. The fraction of sp³-hybridized carbons (Fsp3) is 0.500. The van der Waals surface area contributed by atoms with Crippen LogP contribution >= 0.6 is 0 Å². The Morgan fingerprint density at radius 2 is 1.50 bits per heavy atom. The molecule has 2 amide bonds. The molecular formula is C26H33N3O. The Hall–Kier alpha value is -2.33. The quantitative estimate of drug-likeness (QED) is 0.782. The summed E-state index contributed by atoms with van der Waals surface area (Å²) < 4.78 is 0. The van der Waals surface area contributed by atoms with Crippen molar-refractivity contribution in [2.75, 3.05) is 13.1 Å². The van der Waals surface area contributed by atoms with Gasteiger partial charge in [-0.1, -0.05) is 73.5 Å². The molecule has 158 valence electrons. The smallest absolute Gasteiger partial charge is 0.318 e. The van der Waals surface area contributed by atoms with Crippen molar-refractivity contribution in [3.8, 4) is 0 Å². The first-order chi connectivity index (χ1) is 14.8. The summed E-state index contributed by atoms with van der Waals surface area (Å²) in [5, 5.41) is 3.39. The number of likely N-dealkylation sites (tertiary alicyclic amines) is 1. The number of carbonyl (C=O) groups excluding carboxylic acids is 1. The van der Waals surface area contributed by atoms with E-state index in [-0.39, 0.29) is 12.1 Å². The lowest BCUT2D eigenvalue weighted by Gasteiger charge is -2.52. The number of hydrogen-bond acceptors (Lipinski definition) is 2. The van der Waals surface area contributed by atoms with Crippen LogP contribution in [0.5, 0.6) is 0 Å². The summed E-state index contributed by atoms with van der Waals surface area (Å²) >= 11 is 0. The molecule has 0 radical (unpaired) electrons. The van der Waals surface area contributed by atoms with Gasteiger partial charge in [0, 0.05) is 37.6 Å². The van der Waals surface area contributed by atoms with E-state index in [1.54, 1.807) is 0 Å². The van der Waals surface area contributed by atoms with Crippen LogP contribution in [0.3, 0.4) is 0 Å². The fourth-order valence-electron chi connectivity index (χ4n) is 5.93. The minimum absolute atomic E-state index is 0.161. The molecule has 1 aliphatic carbocycles. The molecule has 0 spiro atoms. The third kappa shape index (κ3) is 3.98. The molecule has 2 saturated heterocycles. The molecule has 1 unspecified atom stereocenters. The van der Waals surface area contributed by atoms with E-state index >= 15 is 0 Å². The number of fused-ring (bicyclic) bond motifs is 1. The topological polar surface area (TPSA) is 35.6 Å². The van der Waals surface area contributed by atoms with Gasteiger partial charge in [0.1, 0.15) is 0 Å². The van der Waals surface area contributed by atoms with Crippen LogP contribution in [0.1, 0.15) is 55.7 Å².